The number of aryl methyl sites for hydroxylation is 1. The number of hydrogen-bond donors (Lipinski definition) is 0. The molecule has 4 aliphatic rings. The van der Waals surface area contributed by atoms with Gasteiger partial charge in [0.05, 0.1) is 19.6 Å². The Morgan fingerprint density at radius 2 is 1.72 bits per heavy atom. The van der Waals surface area contributed by atoms with Gasteiger partial charge in [-0.15, -0.1) is 0 Å². The van der Waals surface area contributed by atoms with E-state index >= 15 is 0 Å². The van der Waals surface area contributed by atoms with Crippen LogP contribution in [-0.2, 0) is 26.2 Å². The van der Waals surface area contributed by atoms with Crippen LogP contribution in [0.4, 0.5) is 0 Å². The van der Waals surface area contributed by atoms with E-state index in [0.29, 0.717) is 30.0 Å². The number of carbonyl (C=O) groups is 2. The van der Waals surface area contributed by atoms with Crippen molar-refractivity contribution in [2.45, 2.75) is 37.5 Å². The monoisotopic (exact) mass is 521 g/mol. The summed E-state index contributed by atoms with van der Waals surface area (Å²) in [4.78, 5) is 29.9. The summed E-state index contributed by atoms with van der Waals surface area (Å²) in [7, 11) is 3.07. The van der Waals surface area contributed by atoms with Crippen LogP contribution in [0.2, 0.25) is 0 Å². The van der Waals surface area contributed by atoms with Gasteiger partial charge >= 0.3 is 5.97 Å². The first-order chi connectivity index (χ1) is 18.9. The van der Waals surface area contributed by atoms with E-state index in [-0.39, 0.29) is 23.7 Å². The summed E-state index contributed by atoms with van der Waals surface area (Å²) in [6.07, 6.45) is 2.77. The largest absolute Gasteiger partial charge is 0.496 e. The van der Waals surface area contributed by atoms with E-state index < -0.39 is 10.8 Å². The van der Waals surface area contributed by atoms with Gasteiger partial charge in [0.25, 0.3) is 5.91 Å². The number of methoxy groups -OCH3 is 2. The van der Waals surface area contributed by atoms with Crippen molar-refractivity contribution in [2.24, 2.45) is 11.3 Å². The zero-order valence-corrected chi connectivity index (χ0v) is 22.9. The van der Waals surface area contributed by atoms with E-state index in [0.717, 1.165) is 19.3 Å². The van der Waals surface area contributed by atoms with Crippen molar-refractivity contribution in [3.05, 3.63) is 107 Å². The van der Waals surface area contributed by atoms with Crippen molar-refractivity contribution >= 4 is 17.4 Å². The average molecular weight is 522 g/mol. The molecule has 3 aromatic carbocycles. The van der Waals surface area contributed by atoms with Crippen LogP contribution in [-0.4, -0.2) is 44.1 Å². The summed E-state index contributed by atoms with van der Waals surface area (Å²) in [5, 5.41) is 0. The first kappa shape index (κ1) is 25.4. The van der Waals surface area contributed by atoms with E-state index in [4.69, 9.17) is 9.47 Å². The highest BCUT2D eigenvalue weighted by Crippen LogP contribution is 2.69. The highest BCUT2D eigenvalue weighted by atomic mass is 16.5. The number of benzene rings is 3. The predicted octanol–water partition coefficient (Wildman–Crippen LogP) is 5.77. The standard InChI is InChI=1S/C34H35NO4/c1-5-23-14-16-24(17-15-23)33-19-18-28(26-11-6-8-12-27(26)33)34(32(37)39-4)21-35(20-30(33)34)31(36)22(2)25-10-7-9-13-29(25)38-3/h6-17,28,30H,2,5,18-21H2,1,3-4H3. The van der Waals surface area contributed by atoms with Gasteiger partial charge in [-0.2, -0.15) is 0 Å². The lowest BCUT2D eigenvalue weighted by Gasteiger charge is -2.59. The number of esters is 1. The summed E-state index contributed by atoms with van der Waals surface area (Å²) < 4.78 is 11.1. The van der Waals surface area contributed by atoms with E-state index in [2.05, 4.69) is 62.0 Å². The van der Waals surface area contributed by atoms with Crippen LogP contribution < -0.4 is 4.74 Å². The maximum atomic E-state index is 14.1. The minimum absolute atomic E-state index is 0.0136. The molecule has 0 N–H and O–H groups in total. The number of hydrogen-bond acceptors (Lipinski definition) is 4. The third kappa shape index (κ3) is 3.45. The molecule has 2 bridgehead atoms. The molecule has 0 spiro atoms. The van der Waals surface area contributed by atoms with E-state index in [1.165, 1.54) is 29.4 Å². The number of fused-ring (bicyclic) bond motifs is 1. The maximum absolute atomic E-state index is 14.1. The molecule has 1 heterocycles. The molecule has 5 heteroatoms. The molecule has 4 unspecified atom stereocenters. The Balaban J connectivity index is 1.50. The second-order valence-electron chi connectivity index (χ2n) is 11.1. The van der Waals surface area contributed by atoms with Crippen LogP contribution in [0, 0.1) is 11.3 Å². The van der Waals surface area contributed by atoms with Gasteiger partial charge in [0.2, 0.25) is 0 Å². The number of rotatable bonds is 6. The lowest BCUT2D eigenvalue weighted by Crippen LogP contribution is -2.60. The molecule has 0 aromatic heterocycles. The van der Waals surface area contributed by atoms with Crippen LogP contribution >= 0.6 is 0 Å². The Labute approximate surface area is 230 Å². The summed E-state index contributed by atoms with van der Waals surface area (Å²) in [5.41, 5.74) is 4.80. The third-order valence-electron chi connectivity index (χ3n) is 9.76. The Morgan fingerprint density at radius 3 is 2.44 bits per heavy atom. The third-order valence-corrected chi connectivity index (χ3v) is 9.76. The molecular weight excluding hydrogens is 486 g/mol. The highest BCUT2D eigenvalue weighted by molar-refractivity contribution is 6.19. The molecule has 1 saturated heterocycles. The zero-order valence-electron chi connectivity index (χ0n) is 22.9. The second kappa shape index (κ2) is 9.41. The smallest absolute Gasteiger partial charge is 0.314 e. The Morgan fingerprint density at radius 1 is 1.00 bits per heavy atom. The van der Waals surface area contributed by atoms with Crippen LogP contribution in [0.1, 0.15) is 53.5 Å². The van der Waals surface area contributed by atoms with E-state index in [1.807, 2.05) is 29.2 Å². The fraction of sp³-hybridized carbons (Fsp3) is 0.353. The Hall–Kier alpha value is -3.86. The highest BCUT2D eigenvalue weighted by Gasteiger charge is 2.71. The van der Waals surface area contributed by atoms with Crippen molar-refractivity contribution in [1.29, 1.82) is 0 Å². The molecule has 1 amide bonds. The summed E-state index contributed by atoms with van der Waals surface area (Å²) in [5.74, 6) is 0.0833. The summed E-state index contributed by atoms with van der Waals surface area (Å²) >= 11 is 0. The first-order valence-electron chi connectivity index (χ1n) is 13.8. The van der Waals surface area contributed by atoms with Crippen molar-refractivity contribution in [2.75, 3.05) is 27.3 Å². The number of para-hydroxylation sites is 1. The topological polar surface area (TPSA) is 55.8 Å². The zero-order chi connectivity index (χ0) is 27.4. The molecule has 200 valence electrons. The average Bonchev–Trinajstić information content (AvgIpc) is 3.44. The van der Waals surface area contributed by atoms with Crippen molar-refractivity contribution < 1.29 is 19.1 Å². The van der Waals surface area contributed by atoms with E-state index in [1.54, 1.807) is 7.11 Å². The summed E-state index contributed by atoms with van der Waals surface area (Å²) in [6, 6.07) is 24.9. The van der Waals surface area contributed by atoms with Crippen molar-refractivity contribution in [3.63, 3.8) is 0 Å². The quantitative estimate of drug-likeness (QED) is 0.306. The molecule has 39 heavy (non-hydrogen) atoms. The minimum Gasteiger partial charge on any atom is -0.496 e. The van der Waals surface area contributed by atoms with Gasteiger partial charge in [0.1, 0.15) is 5.75 Å². The van der Waals surface area contributed by atoms with Gasteiger partial charge < -0.3 is 14.4 Å². The number of likely N-dealkylation sites (tertiary alicyclic amines) is 1. The van der Waals surface area contributed by atoms with Crippen LogP contribution in [0.3, 0.4) is 0 Å². The van der Waals surface area contributed by atoms with E-state index in [9.17, 15) is 9.59 Å². The van der Waals surface area contributed by atoms with Gasteiger partial charge in [0.15, 0.2) is 0 Å². The van der Waals surface area contributed by atoms with Gasteiger partial charge in [-0.05, 0) is 47.6 Å². The Kier molecular flexibility index (Phi) is 6.13. The fourth-order valence-electron chi connectivity index (χ4n) is 8.02. The molecule has 1 saturated carbocycles. The maximum Gasteiger partial charge on any atom is 0.314 e. The molecule has 7 rings (SSSR count). The number of carbonyl (C=O) groups excluding carboxylic acids is 2. The Bertz CT molecular complexity index is 1460. The molecule has 2 fully saturated rings. The van der Waals surface area contributed by atoms with Crippen molar-refractivity contribution in [3.8, 4) is 5.75 Å². The number of amides is 1. The lowest BCUT2D eigenvalue weighted by atomic mass is 9.42. The molecular formula is C34H35NO4. The predicted molar refractivity (Wildman–Crippen MR) is 152 cm³/mol. The normalized spacial score (nSPS) is 26.5. The molecule has 4 atom stereocenters. The van der Waals surface area contributed by atoms with Crippen LogP contribution in [0.15, 0.2) is 79.4 Å². The molecule has 3 aromatic rings. The first-order valence-corrected chi connectivity index (χ1v) is 13.8. The molecule has 0 radical (unpaired) electrons. The van der Waals surface area contributed by atoms with Gasteiger partial charge in [-0.3, -0.25) is 9.59 Å². The number of ether oxygens (including phenoxy) is 2. The minimum atomic E-state index is -0.832. The SMILES string of the molecule is C=C(C(=O)N1CC2C3(c4ccc(CC)cc4)CCC(c4ccccc43)C2(C(=O)OC)C1)c1ccccc1OC. The number of nitrogens with zero attached hydrogens (tertiary/aromatic N) is 1. The van der Waals surface area contributed by atoms with Crippen LogP contribution in [0.5, 0.6) is 5.75 Å². The molecule has 1 aliphatic heterocycles. The second-order valence-corrected chi connectivity index (χ2v) is 11.1. The lowest BCUT2D eigenvalue weighted by molar-refractivity contribution is -0.161. The van der Waals surface area contributed by atoms with Gasteiger partial charge in [0, 0.05) is 41.5 Å². The van der Waals surface area contributed by atoms with Crippen molar-refractivity contribution in [1.82, 2.24) is 4.90 Å². The molecule has 5 nitrogen and oxygen atoms in total. The van der Waals surface area contributed by atoms with Crippen LogP contribution in [0.25, 0.3) is 5.57 Å². The van der Waals surface area contributed by atoms with Gasteiger partial charge in [-0.25, -0.2) is 0 Å². The van der Waals surface area contributed by atoms with Gasteiger partial charge in [-0.1, -0.05) is 80.2 Å². The molecule has 3 aliphatic carbocycles. The fourth-order valence-corrected chi connectivity index (χ4v) is 8.02. The summed E-state index contributed by atoms with van der Waals surface area (Å²) in [6.45, 7) is 7.11.